The maximum Gasteiger partial charge on any atom is 0.348 e. The average Bonchev–Trinajstić information content (AvgIpc) is 2.71. The number of amides is 1. The van der Waals surface area contributed by atoms with Crippen molar-refractivity contribution < 1.29 is 14.7 Å². The van der Waals surface area contributed by atoms with Crippen LogP contribution >= 0.6 is 22.9 Å². The predicted octanol–water partition coefficient (Wildman–Crippen LogP) is 3.36. The van der Waals surface area contributed by atoms with Gasteiger partial charge in [-0.3, -0.25) is 9.78 Å². The number of hydrogen-bond donors (Lipinski definition) is 2. The minimum atomic E-state index is -1.08. The normalized spacial score (nSPS) is 10.3. The fourth-order valence-corrected chi connectivity index (χ4v) is 2.77. The lowest BCUT2D eigenvalue weighted by Crippen LogP contribution is -2.15. The number of carbonyl (C=O) groups is 2. The molecule has 0 radical (unpaired) electrons. The Morgan fingerprint density at radius 1 is 1.40 bits per heavy atom. The zero-order valence-electron chi connectivity index (χ0n) is 10.7. The lowest BCUT2D eigenvalue weighted by atomic mass is 10.2. The zero-order valence-corrected chi connectivity index (χ0v) is 12.3. The molecule has 1 amide bonds. The van der Waals surface area contributed by atoms with Gasteiger partial charge in [0, 0.05) is 11.9 Å². The van der Waals surface area contributed by atoms with Crippen LogP contribution in [-0.2, 0) is 0 Å². The second kappa shape index (κ2) is 5.60. The van der Waals surface area contributed by atoms with E-state index in [1.54, 1.807) is 25.3 Å². The van der Waals surface area contributed by atoms with Crippen LogP contribution in [0.25, 0.3) is 0 Å². The fraction of sp³-hybridized carbons (Fsp3) is 0.154. The number of anilines is 1. The van der Waals surface area contributed by atoms with Gasteiger partial charge in [0.1, 0.15) is 4.88 Å². The first kappa shape index (κ1) is 14.5. The number of carboxylic acid groups (broad SMARTS) is 1. The van der Waals surface area contributed by atoms with Gasteiger partial charge in [-0.05, 0) is 30.9 Å². The number of halogens is 1. The molecular weight excluding hydrogens is 300 g/mol. The highest BCUT2D eigenvalue weighted by Crippen LogP contribution is 2.28. The summed E-state index contributed by atoms with van der Waals surface area (Å²) in [6, 6.07) is 1.58. The van der Waals surface area contributed by atoms with Gasteiger partial charge in [-0.25, -0.2) is 4.79 Å². The van der Waals surface area contributed by atoms with Crippen LogP contribution in [0.5, 0.6) is 0 Å². The minimum absolute atomic E-state index is 0.0899. The number of hydrogen-bond acceptors (Lipinski definition) is 4. The van der Waals surface area contributed by atoms with E-state index >= 15 is 0 Å². The minimum Gasteiger partial charge on any atom is -0.477 e. The second-order valence-corrected chi connectivity index (χ2v) is 5.47. The molecule has 0 unspecified atom stereocenters. The number of aryl methyl sites for hydroxylation is 2. The average molecular weight is 311 g/mol. The first-order chi connectivity index (χ1) is 9.40. The molecule has 7 heteroatoms. The van der Waals surface area contributed by atoms with Crippen LogP contribution < -0.4 is 5.32 Å². The topological polar surface area (TPSA) is 79.3 Å². The maximum absolute atomic E-state index is 12.1. The Labute approximate surface area is 124 Å². The maximum atomic E-state index is 12.1. The molecule has 0 atom stereocenters. The Kier molecular flexibility index (Phi) is 4.06. The number of pyridine rings is 1. The van der Waals surface area contributed by atoms with Crippen LogP contribution in [0.4, 0.5) is 5.69 Å². The van der Waals surface area contributed by atoms with Crippen molar-refractivity contribution in [3.05, 3.63) is 44.4 Å². The molecular formula is C13H11ClN2O3S. The third-order valence-electron chi connectivity index (χ3n) is 2.64. The quantitative estimate of drug-likeness (QED) is 0.911. The molecule has 0 spiro atoms. The van der Waals surface area contributed by atoms with Crippen molar-refractivity contribution in [2.75, 3.05) is 5.32 Å². The molecule has 104 valence electrons. The third kappa shape index (κ3) is 2.81. The molecule has 0 aliphatic rings. The summed E-state index contributed by atoms with van der Waals surface area (Å²) in [7, 11) is 0. The number of nitrogens with zero attached hydrogens (tertiary/aromatic N) is 1. The van der Waals surface area contributed by atoms with Crippen LogP contribution in [0.3, 0.4) is 0 Å². The molecule has 20 heavy (non-hydrogen) atoms. The molecule has 2 heterocycles. The molecule has 2 rings (SSSR count). The van der Waals surface area contributed by atoms with E-state index in [1.807, 2.05) is 0 Å². The summed E-state index contributed by atoms with van der Waals surface area (Å²) in [4.78, 5) is 27.3. The van der Waals surface area contributed by atoms with Crippen molar-refractivity contribution in [3.8, 4) is 0 Å². The van der Waals surface area contributed by atoms with Crippen molar-refractivity contribution in [1.29, 1.82) is 0 Å². The number of carboxylic acids is 1. The Bertz CT molecular complexity index is 697. The van der Waals surface area contributed by atoms with Gasteiger partial charge in [0.25, 0.3) is 5.91 Å². The monoisotopic (exact) mass is 310 g/mol. The van der Waals surface area contributed by atoms with Gasteiger partial charge in [-0.15, -0.1) is 11.3 Å². The molecule has 0 aromatic carbocycles. The number of rotatable bonds is 3. The highest BCUT2D eigenvalue weighted by atomic mass is 35.5. The van der Waals surface area contributed by atoms with Crippen molar-refractivity contribution in [1.82, 2.24) is 4.98 Å². The second-order valence-electron chi connectivity index (χ2n) is 4.19. The van der Waals surface area contributed by atoms with Gasteiger partial charge in [0.05, 0.1) is 16.3 Å². The van der Waals surface area contributed by atoms with E-state index < -0.39 is 11.9 Å². The van der Waals surface area contributed by atoms with Crippen LogP contribution in [0.15, 0.2) is 17.6 Å². The van der Waals surface area contributed by atoms with Gasteiger partial charge in [-0.2, -0.15) is 0 Å². The van der Waals surface area contributed by atoms with Gasteiger partial charge in [-0.1, -0.05) is 11.6 Å². The summed E-state index contributed by atoms with van der Waals surface area (Å²) in [5, 5.41) is 13.6. The lowest BCUT2D eigenvalue weighted by molar-refractivity contribution is 0.0703. The van der Waals surface area contributed by atoms with Crippen LogP contribution in [-0.4, -0.2) is 22.0 Å². The predicted molar refractivity (Wildman–Crippen MR) is 78.0 cm³/mol. The molecule has 0 aliphatic carbocycles. The third-order valence-corrected chi connectivity index (χ3v) is 4.04. The number of nitrogens with one attached hydrogen (secondary N) is 1. The van der Waals surface area contributed by atoms with Gasteiger partial charge in [0.2, 0.25) is 0 Å². The van der Waals surface area contributed by atoms with Crippen LogP contribution in [0, 0.1) is 13.8 Å². The SMILES string of the molecule is Cc1cc(Cl)c(C(=O)Nc2c(C)csc2C(=O)O)cn1. The van der Waals surface area contributed by atoms with Crippen molar-refractivity contribution in [2.24, 2.45) is 0 Å². The Morgan fingerprint density at radius 3 is 2.70 bits per heavy atom. The van der Waals surface area contributed by atoms with E-state index in [0.717, 1.165) is 11.3 Å². The molecule has 0 saturated heterocycles. The smallest absolute Gasteiger partial charge is 0.348 e. The summed E-state index contributed by atoms with van der Waals surface area (Å²) in [5.41, 5.74) is 1.89. The number of thiophene rings is 1. The summed E-state index contributed by atoms with van der Waals surface area (Å²) in [6.45, 7) is 3.49. The fourth-order valence-electron chi connectivity index (χ4n) is 1.63. The van der Waals surface area contributed by atoms with E-state index in [2.05, 4.69) is 10.3 Å². The Morgan fingerprint density at radius 2 is 2.10 bits per heavy atom. The summed E-state index contributed by atoms with van der Waals surface area (Å²) in [5.74, 6) is -1.56. The van der Waals surface area contributed by atoms with E-state index in [1.165, 1.54) is 6.20 Å². The molecule has 5 nitrogen and oxygen atoms in total. The Balaban J connectivity index is 2.33. The molecule has 2 aromatic heterocycles. The summed E-state index contributed by atoms with van der Waals surface area (Å²) in [6.07, 6.45) is 1.37. The van der Waals surface area contributed by atoms with Gasteiger partial charge >= 0.3 is 5.97 Å². The summed E-state index contributed by atoms with van der Waals surface area (Å²) >= 11 is 7.06. The summed E-state index contributed by atoms with van der Waals surface area (Å²) < 4.78 is 0. The van der Waals surface area contributed by atoms with Crippen molar-refractivity contribution >= 4 is 40.5 Å². The van der Waals surface area contributed by atoms with Crippen LogP contribution in [0.1, 0.15) is 31.3 Å². The zero-order chi connectivity index (χ0) is 14.9. The van der Waals surface area contributed by atoms with Crippen LogP contribution in [0.2, 0.25) is 5.02 Å². The highest BCUT2D eigenvalue weighted by molar-refractivity contribution is 7.12. The molecule has 0 bridgehead atoms. The number of aromatic nitrogens is 1. The van der Waals surface area contributed by atoms with Crippen molar-refractivity contribution in [2.45, 2.75) is 13.8 Å². The number of aromatic carboxylic acids is 1. The van der Waals surface area contributed by atoms with E-state index in [0.29, 0.717) is 16.9 Å². The standard InChI is InChI=1S/C13H11ClN2O3S/c1-6-5-20-11(13(18)19)10(6)16-12(17)8-4-15-7(2)3-9(8)14/h3-5H,1-2H3,(H,16,17)(H,18,19). The Hall–Kier alpha value is -1.92. The van der Waals surface area contributed by atoms with E-state index in [4.69, 9.17) is 16.7 Å². The highest BCUT2D eigenvalue weighted by Gasteiger charge is 2.19. The van der Waals surface area contributed by atoms with Gasteiger partial charge in [0.15, 0.2) is 0 Å². The van der Waals surface area contributed by atoms with E-state index in [9.17, 15) is 9.59 Å². The molecule has 2 aromatic rings. The molecule has 0 fully saturated rings. The van der Waals surface area contributed by atoms with Crippen molar-refractivity contribution in [3.63, 3.8) is 0 Å². The van der Waals surface area contributed by atoms with Gasteiger partial charge < -0.3 is 10.4 Å². The first-order valence-electron chi connectivity index (χ1n) is 5.65. The lowest BCUT2D eigenvalue weighted by Gasteiger charge is -2.08. The number of carbonyl (C=O) groups excluding carboxylic acids is 1. The molecule has 2 N–H and O–H groups in total. The first-order valence-corrected chi connectivity index (χ1v) is 6.90. The van der Waals surface area contributed by atoms with E-state index in [-0.39, 0.29) is 15.5 Å². The molecule has 0 aliphatic heterocycles. The molecule has 0 saturated carbocycles. The largest absolute Gasteiger partial charge is 0.477 e.